The normalized spacial score (nSPS) is 13.4. The monoisotopic (exact) mass is 385 g/mol. The number of urea groups is 1. The molecule has 1 aromatic carbocycles. The molecule has 0 saturated carbocycles. The Morgan fingerprint density at radius 2 is 1.96 bits per heavy atom. The van der Waals surface area contributed by atoms with Gasteiger partial charge in [-0.15, -0.1) is 0 Å². The second-order valence-corrected chi connectivity index (χ2v) is 6.95. The Morgan fingerprint density at radius 1 is 1.21 bits per heavy atom. The number of benzene rings is 1. The molecule has 0 unspecified atom stereocenters. The van der Waals surface area contributed by atoms with Crippen LogP contribution in [-0.4, -0.2) is 55.3 Å². The van der Waals surface area contributed by atoms with Crippen LogP contribution in [0.5, 0.6) is 5.75 Å². The number of nitrogens with zero attached hydrogens (tertiary/aromatic N) is 5. The molecular formula is C19H27N7O2. The summed E-state index contributed by atoms with van der Waals surface area (Å²) in [6, 6.07) is 5.26. The third-order valence-corrected chi connectivity index (χ3v) is 4.46. The Hall–Kier alpha value is -3.10. The van der Waals surface area contributed by atoms with Gasteiger partial charge >= 0.3 is 6.03 Å². The van der Waals surface area contributed by atoms with Crippen LogP contribution in [0.15, 0.2) is 18.2 Å². The number of carbonyl (C=O) groups is 1. The van der Waals surface area contributed by atoms with Crippen molar-refractivity contribution in [2.45, 2.75) is 26.3 Å². The van der Waals surface area contributed by atoms with Gasteiger partial charge in [0.2, 0.25) is 11.9 Å². The van der Waals surface area contributed by atoms with E-state index in [1.165, 1.54) is 0 Å². The summed E-state index contributed by atoms with van der Waals surface area (Å²) in [5, 5.41) is 5.62. The number of anilines is 3. The first-order chi connectivity index (χ1) is 13.5. The smallest absolute Gasteiger partial charge is 0.319 e. The van der Waals surface area contributed by atoms with Crippen molar-refractivity contribution >= 4 is 23.6 Å². The fourth-order valence-electron chi connectivity index (χ4n) is 2.98. The van der Waals surface area contributed by atoms with Crippen molar-refractivity contribution in [3.63, 3.8) is 0 Å². The zero-order chi connectivity index (χ0) is 20.1. The molecule has 1 aliphatic heterocycles. The summed E-state index contributed by atoms with van der Waals surface area (Å²) < 4.78 is 5.29. The molecule has 150 valence electrons. The van der Waals surface area contributed by atoms with Crippen LogP contribution in [0.3, 0.4) is 0 Å². The summed E-state index contributed by atoms with van der Waals surface area (Å²) in [7, 11) is 5.34. The fourth-order valence-corrected chi connectivity index (χ4v) is 2.98. The summed E-state index contributed by atoms with van der Waals surface area (Å²) in [5.41, 5.74) is 1.64. The molecule has 1 fully saturated rings. The lowest BCUT2D eigenvalue weighted by molar-refractivity contribution is 0.251. The Kier molecular flexibility index (Phi) is 6.13. The van der Waals surface area contributed by atoms with E-state index < -0.39 is 0 Å². The molecule has 2 heterocycles. The van der Waals surface area contributed by atoms with Gasteiger partial charge in [-0.3, -0.25) is 0 Å². The third-order valence-electron chi connectivity index (χ3n) is 4.46. The highest BCUT2D eigenvalue weighted by molar-refractivity contribution is 5.91. The predicted octanol–water partition coefficient (Wildman–Crippen LogP) is 2.18. The van der Waals surface area contributed by atoms with E-state index in [9.17, 15) is 4.79 Å². The highest BCUT2D eigenvalue weighted by Crippen LogP contribution is 2.25. The Balaban J connectivity index is 1.69. The van der Waals surface area contributed by atoms with E-state index in [2.05, 4.69) is 30.5 Å². The van der Waals surface area contributed by atoms with E-state index in [1.54, 1.807) is 7.11 Å². The molecule has 1 aliphatic rings. The average Bonchev–Trinajstić information content (AvgIpc) is 3.21. The molecule has 3 rings (SSSR count). The molecule has 0 radical (unpaired) electrons. The number of aromatic nitrogens is 3. The standard InChI is InChI=1S/C19H27N7O2/c1-13-7-8-15(28-4)14(11-13)21-19(27)20-12-16-22-17(25(2)3)24-18(23-16)26-9-5-6-10-26/h7-8,11H,5-6,9-10,12H2,1-4H3,(H2,20,21,27). The molecule has 0 bridgehead atoms. The number of carbonyl (C=O) groups excluding carboxylic acids is 1. The maximum Gasteiger partial charge on any atom is 0.319 e. The summed E-state index contributed by atoms with van der Waals surface area (Å²) >= 11 is 0. The Labute approximate surface area is 165 Å². The molecule has 9 nitrogen and oxygen atoms in total. The van der Waals surface area contributed by atoms with Crippen LogP contribution in [0.25, 0.3) is 0 Å². The van der Waals surface area contributed by atoms with Crippen LogP contribution < -0.4 is 25.2 Å². The molecule has 2 amide bonds. The molecule has 9 heteroatoms. The summed E-state index contributed by atoms with van der Waals surface area (Å²) in [4.78, 5) is 29.8. The molecule has 28 heavy (non-hydrogen) atoms. The van der Waals surface area contributed by atoms with E-state index in [0.717, 1.165) is 31.5 Å². The van der Waals surface area contributed by atoms with Crippen molar-refractivity contribution in [3.05, 3.63) is 29.6 Å². The molecule has 1 aromatic heterocycles. The van der Waals surface area contributed by atoms with Crippen molar-refractivity contribution in [2.75, 3.05) is 49.4 Å². The van der Waals surface area contributed by atoms with E-state index >= 15 is 0 Å². The number of methoxy groups -OCH3 is 1. The average molecular weight is 385 g/mol. The maximum atomic E-state index is 12.4. The predicted molar refractivity (Wildman–Crippen MR) is 109 cm³/mol. The van der Waals surface area contributed by atoms with E-state index in [0.29, 0.717) is 29.2 Å². The number of amides is 2. The molecule has 0 spiro atoms. The van der Waals surface area contributed by atoms with Crippen LogP contribution in [0.1, 0.15) is 24.2 Å². The first kappa shape index (κ1) is 19.7. The van der Waals surface area contributed by atoms with Gasteiger partial charge in [-0.05, 0) is 37.5 Å². The Morgan fingerprint density at radius 3 is 2.64 bits per heavy atom. The third kappa shape index (κ3) is 4.79. The molecule has 0 atom stereocenters. The zero-order valence-corrected chi connectivity index (χ0v) is 16.8. The fraction of sp³-hybridized carbons (Fsp3) is 0.474. The van der Waals surface area contributed by atoms with Crippen LogP contribution in [0.4, 0.5) is 22.4 Å². The maximum absolute atomic E-state index is 12.4. The number of nitrogens with one attached hydrogen (secondary N) is 2. The van der Waals surface area contributed by atoms with E-state index in [4.69, 9.17) is 4.74 Å². The van der Waals surface area contributed by atoms with Crippen molar-refractivity contribution < 1.29 is 9.53 Å². The highest BCUT2D eigenvalue weighted by atomic mass is 16.5. The quantitative estimate of drug-likeness (QED) is 0.787. The number of hydrogen-bond donors (Lipinski definition) is 2. The van der Waals surface area contributed by atoms with Gasteiger partial charge in [0, 0.05) is 27.2 Å². The highest BCUT2D eigenvalue weighted by Gasteiger charge is 2.18. The summed E-state index contributed by atoms with van der Waals surface area (Å²) in [6.07, 6.45) is 2.27. The van der Waals surface area contributed by atoms with Gasteiger partial charge in [-0.25, -0.2) is 4.79 Å². The van der Waals surface area contributed by atoms with Crippen LogP contribution in [-0.2, 0) is 6.54 Å². The minimum absolute atomic E-state index is 0.199. The molecule has 0 aliphatic carbocycles. The van der Waals surface area contributed by atoms with Gasteiger partial charge in [0.25, 0.3) is 0 Å². The SMILES string of the molecule is COc1ccc(C)cc1NC(=O)NCc1nc(N(C)C)nc(N2CCCC2)n1. The second-order valence-electron chi connectivity index (χ2n) is 6.95. The lowest BCUT2D eigenvalue weighted by Gasteiger charge is -2.19. The first-order valence-corrected chi connectivity index (χ1v) is 9.33. The summed E-state index contributed by atoms with van der Waals surface area (Å²) in [5.74, 6) is 2.36. The van der Waals surface area contributed by atoms with E-state index in [1.807, 2.05) is 44.1 Å². The number of ether oxygens (including phenoxy) is 1. The van der Waals surface area contributed by atoms with Crippen LogP contribution in [0.2, 0.25) is 0 Å². The molecule has 2 aromatic rings. The Bertz CT molecular complexity index is 835. The van der Waals surface area contributed by atoms with Gasteiger partial charge in [0.1, 0.15) is 5.75 Å². The molecular weight excluding hydrogens is 358 g/mol. The number of hydrogen-bond acceptors (Lipinski definition) is 7. The first-order valence-electron chi connectivity index (χ1n) is 9.33. The van der Waals surface area contributed by atoms with Gasteiger partial charge in [-0.2, -0.15) is 15.0 Å². The van der Waals surface area contributed by atoms with Crippen molar-refractivity contribution in [2.24, 2.45) is 0 Å². The van der Waals surface area contributed by atoms with Crippen molar-refractivity contribution in [3.8, 4) is 5.75 Å². The van der Waals surface area contributed by atoms with E-state index in [-0.39, 0.29) is 12.6 Å². The minimum Gasteiger partial charge on any atom is -0.495 e. The van der Waals surface area contributed by atoms with Crippen molar-refractivity contribution in [1.82, 2.24) is 20.3 Å². The molecule has 1 saturated heterocycles. The van der Waals surface area contributed by atoms with Gasteiger partial charge in [0.05, 0.1) is 19.3 Å². The topological polar surface area (TPSA) is 95.5 Å². The van der Waals surface area contributed by atoms with Crippen LogP contribution >= 0.6 is 0 Å². The van der Waals surface area contributed by atoms with Crippen LogP contribution in [0, 0.1) is 6.92 Å². The van der Waals surface area contributed by atoms with Crippen molar-refractivity contribution in [1.29, 1.82) is 0 Å². The van der Waals surface area contributed by atoms with Gasteiger partial charge in [0.15, 0.2) is 5.82 Å². The number of rotatable bonds is 6. The minimum atomic E-state index is -0.349. The lowest BCUT2D eigenvalue weighted by Crippen LogP contribution is -2.30. The largest absolute Gasteiger partial charge is 0.495 e. The van der Waals surface area contributed by atoms with Gasteiger partial charge < -0.3 is 25.2 Å². The number of aryl methyl sites for hydroxylation is 1. The zero-order valence-electron chi connectivity index (χ0n) is 16.8. The van der Waals surface area contributed by atoms with Gasteiger partial charge in [-0.1, -0.05) is 6.07 Å². The lowest BCUT2D eigenvalue weighted by atomic mass is 10.2. The second kappa shape index (κ2) is 8.73. The summed E-state index contributed by atoms with van der Waals surface area (Å²) in [6.45, 7) is 4.04. The molecule has 2 N–H and O–H groups in total.